The Morgan fingerprint density at radius 3 is 2.90 bits per heavy atom. The fourth-order valence-corrected chi connectivity index (χ4v) is 3.26. The van der Waals surface area contributed by atoms with Crippen molar-refractivity contribution >= 4 is 26.8 Å². The summed E-state index contributed by atoms with van der Waals surface area (Å²) in [4.78, 5) is 6.94. The zero-order valence-corrected chi connectivity index (χ0v) is 13.4. The van der Waals surface area contributed by atoms with E-state index in [9.17, 15) is 0 Å². The van der Waals surface area contributed by atoms with Crippen LogP contribution in [0, 0.1) is 0 Å². The molecule has 2 heterocycles. The molecule has 1 N–H and O–H groups in total. The van der Waals surface area contributed by atoms with Crippen LogP contribution in [0.1, 0.15) is 18.4 Å². The lowest BCUT2D eigenvalue weighted by Gasteiger charge is -2.29. The smallest absolute Gasteiger partial charge is 0.0758 e. The zero-order chi connectivity index (χ0) is 13.9. The first-order chi connectivity index (χ1) is 9.74. The summed E-state index contributed by atoms with van der Waals surface area (Å²) in [5, 5.41) is 4.88. The fourth-order valence-electron chi connectivity index (χ4n) is 2.81. The molecule has 1 aliphatic heterocycles. The van der Waals surface area contributed by atoms with Gasteiger partial charge < -0.3 is 10.2 Å². The van der Waals surface area contributed by atoms with E-state index in [1.807, 2.05) is 12.3 Å². The topological polar surface area (TPSA) is 28.2 Å². The van der Waals surface area contributed by atoms with Gasteiger partial charge in [-0.15, -0.1) is 0 Å². The van der Waals surface area contributed by atoms with E-state index >= 15 is 0 Å². The van der Waals surface area contributed by atoms with Gasteiger partial charge in [-0.1, -0.05) is 28.1 Å². The Morgan fingerprint density at radius 2 is 2.10 bits per heavy atom. The molecule has 0 bridgehead atoms. The number of piperidine rings is 1. The van der Waals surface area contributed by atoms with Crippen molar-refractivity contribution in [2.75, 3.05) is 20.1 Å². The Labute approximate surface area is 128 Å². The Bertz CT molecular complexity index is 591. The van der Waals surface area contributed by atoms with Crippen molar-refractivity contribution in [1.82, 2.24) is 15.2 Å². The second kappa shape index (κ2) is 6.20. The number of aromatic nitrogens is 1. The van der Waals surface area contributed by atoms with Crippen molar-refractivity contribution in [3.8, 4) is 0 Å². The van der Waals surface area contributed by atoms with Crippen LogP contribution >= 0.6 is 15.9 Å². The Kier molecular flexibility index (Phi) is 4.34. The van der Waals surface area contributed by atoms with E-state index < -0.39 is 0 Å². The van der Waals surface area contributed by atoms with Crippen LogP contribution in [0.25, 0.3) is 10.9 Å². The van der Waals surface area contributed by atoms with Crippen molar-refractivity contribution in [1.29, 1.82) is 0 Å². The van der Waals surface area contributed by atoms with Crippen LogP contribution in [0.3, 0.4) is 0 Å². The molecule has 1 aromatic carbocycles. The Hall–Kier alpha value is -0.970. The summed E-state index contributed by atoms with van der Waals surface area (Å²) in [5.74, 6) is 0. The molecule has 0 saturated carbocycles. The lowest BCUT2D eigenvalue weighted by Crippen LogP contribution is -2.40. The maximum Gasteiger partial charge on any atom is 0.0758 e. The van der Waals surface area contributed by atoms with Gasteiger partial charge in [-0.05, 0) is 50.7 Å². The lowest BCUT2D eigenvalue weighted by atomic mass is 10.0. The van der Waals surface area contributed by atoms with E-state index in [2.05, 4.69) is 56.4 Å². The lowest BCUT2D eigenvalue weighted by molar-refractivity contribution is 0.234. The summed E-state index contributed by atoms with van der Waals surface area (Å²) in [5.41, 5.74) is 2.38. The summed E-state index contributed by atoms with van der Waals surface area (Å²) in [6.45, 7) is 3.28. The van der Waals surface area contributed by atoms with Crippen LogP contribution in [-0.4, -0.2) is 36.1 Å². The van der Waals surface area contributed by atoms with E-state index in [0.29, 0.717) is 6.04 Å². The van der Waals surface area contributed by atoms with E-state index in [4.69, 9.17) is 0 Å². The van der Waals surface area contributed by atoms with E-state index in [1.54, 1.807) is 0 Å². The van der Waals surface area contributed by atoms with Crippen LogP contribution in [0.2, 0.25) is 0 Å². The molecule has 1 aromatic heterocycles. The summed E-state index contributed by atoms with van der Waals surface area (Å²) in [6, 6.07) is 9.03. The minimum Gasteiger partial charge on any atom is -0.310 e. The molecule has 0 spiro atoms. The third-order valence-electron chi connectivity index (χ3n) is 4.10. The van der Waals surface area contributed by atoms with Gasteiger partial charge in [0.05, 0.1) is 5.52 Å². The zero-order valence-electron chi connectivity index (χ0n) is 11.8. The fraction of sp³-hybridized carbons (Fsp3) is 0.438. The summed E-state index contributed by atoms with van der Waals surface area (Å²) >= 11 is 3.60. The van der Waals surface area contributed by atoms with Gasteiger partial charge in [0.25, 0.3) is 0 Å². The number of rotatable bonds is 3. The third kappa shape index (κ3) is 3.03. The molecule has 106 valence electrons. The van der Waals surface area contributed by atoms with Gasteiger partial charge in [-0.25, -0.2) is 0 Å². The van der Waals surface area contributed by atoms with Crippen LogP contribution in [0.4, 0.5) is 0 Å². The maximum atomic E-state index is 4.54. The highest BCUT2D eigenvalue weighted by Gasteiger charge is 2.16. The average molecular weight is 334 g/mol. The van der Waals surface area contributed by atoms with Gasteiger partial charge in [0.2, 0.25) is 0 Å². The molecular formula is C16H20BrN3. The quantitative estimate of drug-likeness (QED) is 0.934. The SMILES string of the molecule is CN1CCC(NCc2ccc(Br)c3cccnc23)CC1. The second-order valence-corrected chi connectivity index (χ2v) is 6.42. The Morgan fingerprint density at radius 1 is 1.30 bits per heavy atom. The van der Waals surface area contributed by atoms with Gasteiger partial charge in [-0.3, -0.25) is 4.98 Å². The number of hydrogen-bond acceptors (Lipinski definition) is 3. The Balaban J connectivity index is 1.73. The maximum absolute atomic E-state index is 4.54. The van der Waals surface area contributed by atoms with Gasteiger partial charge in [0.15, 0.2) is 0 Å². The van der Waals surface area contributed by atoms with Gasteiger partial charge in [0, 0.05) is 28.6 Å². The number of pyridine rings is 1. The molecule has 3 nitrogen and oxygen atoms in total. The second-order valence-electron chi connectivity index (χ2n) is 5.56. The standard InChI is InChI=1S/C16H20BrN3/c1-20-9-6-13(7-10-20)19-11-12-4-5-15(17)14-3-2-8-18-16(12)14/h2-5,8,13,19H,6-7,9-11H2,1H3. The number of fused-ring (bicyclic) bond motifs is 1. The van der Waals surface area contributed by atoms with E-state index in [1.165, 1.54) is 36.9 Å². The van der Waals surface area contributed by atoms with Gasteiger partial charge in [0.1, 0.15) is 0 Å². The molecule has 0 unspecified atom stereocenters. The number of halogens is 1. The predicted octanol–water partition coefficient (Wildman–Crippen LogP) is 3.18. The number of nitrogens with one attached hydrogen (secondary N) is 1. The molecule has 0 atom stereocenters. The highest BCUT2D eigenvalue weighted by atomic mass is 79.9. The molecule has 0 amide bonds. The first kappa shape index (κ1) is 14.0. The minimum absolute atomic E-state index is 0.633. The highest BCUT2D eigenvalue weighted by molar-refractivity contribution is 9.10. The molecule has 1 saturated heterocycles. The molecule has 1 fully saturated rings. The first-order valence-corrected chi connectivity index (χ1v) is 7.97. The van der Waals surface area contributed by atoms with Crippen molar-refractivity contribution in [3.63, 3.8) is 0 Å². The number of benzene rings is 1. The molecule has 1 aliphatic rings. The van der Waals surface area contributed by atoms with Crippen molar-refractivity contribution < 1.29 is 0 Å². The third-order valence-corrected chi connectivity index (χ3v) is 4.79. The predicted molar refractivity (Wildman–Crippen MR) is 86.8 cm³/mol. The highest BCUT2D eigenvalue weighted by Crippen LogP contribution is 2.25. The first-order valence-electron chi connectivity index (χ1n) is 7.18. The van der Waals surface area contributed by atoms with Gasteiger partial charge >= 0.3 is 0 Å². The van der Waals surface area contributed by atoms with Crippen LogP contribution in [0.5, 0.6) is 0 Å². The normalized spacial score (nSPS) is 17.7. The minimum atomic E-state index is 0.633. The van der Waals surface area contributed by atoms with E-state index in [0.717, 1.165) is 16.5 Å². The summed E-state index contributed by atoms with van der Waals surface area (Å²) in [7, 11) is 2.20. The van der Waals surface area contributed by atoms with Gasteiger partial charge in [-0.2, -0.15) is 0 Å². The molecule has 3 rings (SSSR count). The monoisotopic (exact) mass is 333 g/mol. The number of likely N-dealkylation sites (tertiary alicyclic amines) is 1. The summed E-state index contributed by atoms with van der Waals surface area (Å²) < 4.78 is 1.11. The summed E-state index contributed by atoms with van der Waals surface area (Å²) in [6.07, 6.45) is 4.34. The van der Waals surface area contributed by atoms with Crippen molar-refractivity contribution in [2.45, 2.75) is 25.4 Å². The molecule has 0 aliphatic carbocycles. The average Bonchev–Trinajstić information content (AvgIpc) is 2.49. The molecule has 0 radical (unpaired) electrons. The van der Waals surface area contributed by atoms with Crippen LogP contribution < -0.4 is 5.32 Å². The molecule has 2 aromatic rings. The van der Waals surface area contributed by atoms with Crippen molar-refractivity contribution in [3.05, 3.63) is 40.5 Å². The molecule has 20 heavy (non-hydrogen) atoms. The van der Waals surface area contributed by atoms with Crippen LogP contribution in [0.15, 0.2) is 34.9 Å². The van der Waals surface area contributed by atoms with E-state index in [-0.39, 0.29) is 0 Å². The van der Waals surface area contributed by atoms with Crippen LogP contribution in [-0.2, 0) is 6.54 Å². The molecular weight excluding hydrogens is 314 g/mol. The molecule has 4 heteroatoms. The number of hydrogen-bond donors (Lipinski definition) is 1. The number of nitrogens with zero attached hydrogens (tertiary/aromatic N) is 2. The van der Waals surface area contributed by atoms with Crippen molar-refractivity contribution in [2.24, 2.45) is 0 Å². The largest absolute Gasteiger partial charge is 0.310 e.